The third-order valence-electron chi connectivity index (χ3n) is 3.77. The largest absolute Gasteiger partial charge is 0.496 e. The van der Waals surface area contributed by atoms with Gasteiger partial charge in [0, 0.05) is 6.08 Å². The molecule has 0 saturated heterocycles. The van der Waals surface area contributed by atoms with Crippen LogP contribution in [-0.4, -0.2) is 18.2 Å². The van der Waals surface area contributed by atoms with Crippen molar-refractivity contribution in [1.29, 1.82) is 0 Å². The highest BCUT2D eigenvalue weighted by molar-refractivity contribution is 5.85. The predicted octanol–water partition coefficient (Wildman–Crippen LogP) is 5.09. The van der Waals surface area contributed by atoms with Gasteiger partial charge in [-0.05, 0) is 42.2 Å². The number of unbranched alkanes of at least 4 members (excludes halogenated alkanes) is 6. The lowest BCUT2D eigenvalue weighted by Gasteiger charge is -2.09. The quantitative estimate of drug-likeness (QED) is 0.458. The van der Waals surface area contributed by atoms with E-state index in [1.807, 2.05) is 18.2 Å². The number of hydrogen-bond donors (Lipinski definition) is 1. The van der Waals surface area contributed by atoms with Crippen molar-refractivity contribution in [2.24, 2.45) is 0 Å². The normalized spacial score (nSPS) is 11.0. The lowest BCUT2D eigenvalue weighted by molar-refractivity contribution is -0.131. The van der Waals surface area contributed by atoms with Crippen LogP contribution in [0, 0.1) is 0 Å². The lowest BCUT2D eigenvalue weighted by atomic mass is 10.0. The zero-order valence-corrected chi connectivity index (χ0v) is 13.8. The summed E-state index contributed by atoms with van der Waals surface area (Å²) >= 11 is 0. The number of methoxy groups -OCH3 is 1. The van der Waals surface area contributed by atoms with E-state index in [4.69, 9.17) is 9.84 Å². The maximum absolute atomic E-state index is 10.6. The Morgan fingerprint density at radius 3 is 2.45 bits per heavy atom. The Labute approximate surface area is 134 Å². The molecule has 0 amide bonds. The number of carboxylic acids is 1. The number of carboxylic acid groups (broad SMARTS) is 1. The van der Waals surface area contributed by atoms with Crippen LogP contribution in [0.25, 0.3) is 6.08 Å². The fraction of sp³-hybridized carbons (Fsp3) is 0.526. The standard InChI is InChI=1S/C19H28O3/c1-3-4-5-6-7-8-9-10-17-15-16(12-14-19(20)21)11-13-18(17)22-2/h11-15H,3-10H2,1-2H3,(H,20,21). The Morgan fingerprint density at radius 1 is 1.14 bits per heavy atom. The monoisotopic (exact) mass is 304 g/mol. The van der Waals surface area contributed by atoms with Crippen LogP contribution in [0.15, 0.2) is 24.3 Å². The van der Waals surface area contributed by atoms with Crippen molar-refractivity contribution in [2.45, 2.75) is 58.3 Å². The molecule has 0 spiro atoms. The van der Waals surface area contributed by atoms with Gasteiger partial charge in [0.25, 0.3) is 0 Å². The van der Waals surface area contributed by atoms with Crippen molar-refractivity contribution in [3.63, 3.8) is 0 Å². The summed E-state index contributed by atoms with van der Waals surface area (Å²) in [6.45, 7) is 2.23. The van der Waals surface area contributed by atoms with E-state index in [-0.39, 0.29) is 0 Å². The van der Waals surface area contributed by atoms with Crippen molar-refractivity contribution in [3.8, 4) is 5.75 Å². The highest BCUT2D eigenvalue weighted by atomic mass is 16.5. The topological polar surface area (TPSA) is 46.5 Å². The summed E-state index contributed by atoms with van der Waals surface area (Å²) in [6, 6.07) is 5.82. The van der Waals surface area contributed by atoms with E-state index in [1.165, 1.54) is 44.6 Å². The molecule has 0 radical (unpaired) electrons. The van der Waals surface area contributed by atoms with E-state index >= 15 is 0 Å². The Morgan fingerprint density at radius 2 is 1.82 bits per heavy atom. The molecule has 122 valence electrons. The van der Waals surface area contributed by atoms with Crippen LogP contribution in [0.2, 0.25) is 0 Å². The van der Waals surface area contributed by atoms with Gasteiger partial charge in [0.1, 0.15) is 5.75 Å². The Hall–Kier alpha value is -1.77. The molecule has 0 fully saturated rings. The van der Waals surface area contributed by atoms with E-state index < -0.39 is 5.97 Å². The van der Waals surface area contributed by atoms with E-state index in [2.05, 4.69) is 6.92 Å². The van der Waals surface area contributed by atoms with Gasteiger partial charge in [-0.3, -0.25) is 0 Å². The lowest BCUT2D eigenvalue weighted by Crippen LogP contribution is -1.94. The minimum Gasteiger partial charge on any atom is -0.496 e. The van der Waals surface area contributed by atoms with Gasteiger partial charge in [-0.2, -0.15) is 0 Å². The molecular weight excluding hydrogens is 276 g/mol. The summed E-state index contributed by atoms with van der Waals surface area (Å²) < 4.78 is 5.40. The summed E-state index contributed by atoms with van der Waals surface area (Å²) in [5.74, 6) is -0.0390. The molecule has 0 aliphatic heterocycles. The molecule has 0 aliphatic rings. The second kappa shape index (κ2) is 10.9. The Bertz CT molecular complexity index is 478. The summed E-state index contributed by atoms with van der Waals surface area (Å²) in [4.78, 5) is 10.6. The van der Waals surface area contributed by atoms with Gasteiger partial charge < -0.3 is 9.84 Å². The highest BCUT2D eigenvalue weighted by Crippen LogP contribution is 2.23. The van der Waals surface area contributed by atoms with Gasteiger partial charge >= 0.3 is 5.97 Å². The first kappa shape index (κ1) is 18.3. The maximum Gasteiger partial charge on any atom is 0.328 e. The zero-order chi connectivity index (χ0) is 16.2. The number of carbonyl (C=O) groups is 1. The summed E-state index contributed by atoms with van der Waals surface area (Å²) in [7, 11) is 1.68. The van der Waals surface area contributed by atoms with Gasteiger partial charge in [-0.1, -0.05) is 51.5 Å². The molecule has 0 unspecified atom stereocenters. The van der Waals surface area contributed by atoms with Crippen molar-refractivity contribution in [3.05, 3.63) is 35.4 Å². The van der Waals surface area contributed by atoms with Crippen LogP contribution in [0.5, 0.6) is 5.75 Å². The SMILES string of the molecule is CCCCCCCCCc1cc(C=CC(=O)O)ccc1OC. The number of aryl methyl sites for hydroxylation is 1. The van der Waals surface area contributed by atoms with Crippen molar-refractivity contribution >= 4 is 12.0 Å². The van der Waals surface area contributed by atoms with Crippen LogP contribution >= 0.6 is 0 Å². The van der Waals surface area contributed by atoms with Gasteiger partial charge in [-0.15, -0.1) is 0 Å². The van der Waals surface area contributed by atoms with Gasteiger partial charge in [0.15, 0.2) is 0 Å². The second-order valence-corrected chi connectivity index (χ2v) is 5.61. The number of benzene rings is 1. The van der Waals surface area contributed by atoms with E-state index in [0.29, 0.717) is 0 Å². The number of aliphatic carboxylic acids is 1. The first-order valence-corrected chi connectivity index (χ1v) is 8.25. The predicted molar refractivity (Wildman–Crippen MR) is 91.4 cm³/mol. The van der Waals surface area contributed by atoms with Gasteiger partial charge in [-0.25, -0.2) is 4.79 Å². The molecular formula is C19H28O3. The third kappa shape index (κ3) is 7.30. The average molecular weight is 304 g/mol. The van der Waals surface area contributed by atoms with Gasteiger partial charge in [0.2, 0.25) is 0 Å². The minimum atomic E-state index is -0.926. The van der Waals surface area contributed by atoms with Gasteiger partial charge in [0.05, 0.1) is 7.11 Å². The maximum atomic E-state index is 10.6. The molecule has 1 aromatic rings. The molecule has 0 atom stereocenters. The molecule has 0 saturated carbocycles. The van der Waals surface area contributed by atoms with E-state index in [9.17, 15) is 4.79 Å². The molecule has 1 N–H and O–H groups in total. The summed E-state index contributed by atoms with van der Waals surface area (Å²) in [5.41, 5.74) is 2.06. The van der Waals surface area contributed by atoms with E-state index in [0.717, 1.165) is 29.7 Å². The molecule has 0 aliphatic carbocycles. The van der Waals surface area contributed by atoms with Crippen LogP contribution < -0.4 is 4.74 Å². The molecule has 0 bridgehead atoms. The molecule has 1 aromatic carbocycles. The first-order chi connectivity index (χ1) is 10.7. The van der Waals surface area contributed by atoms with Crippen LogP contribution in [0.1, 0.15) is 63.0 Å². The average Bonchev–Trinajstić information content (AvgIpc) is 2.52. The number of hydrogen-bond acceptors (Lipinski definition) is 2. The third-order valence-corrected chi connectivity index (χ3v) is 3.77. The minimum absolute atomic E-state index is 0.887. The van der Waals surface area contributed by atoms with Crippen molar-refractivity contribution in [1.82, 2.24) is 0 Å². The number of ether oxygens (including phenoxy) is 1. The van der Waals surface area contributed by atoms with Crippen LogP contribution in [0.4, 0.5) is 0 Å². The molecule has 3 heteroatoms. The van der Waals surface area contributed by atoms with Crippen LogP contribution in [0.3, 0.4) is 0 Å². The number of rotatable bonds is 11. The molecule has 0 aromatic heterocycles. The fourth-order valence-electron chi connectivity index (χ4n) is 2.54. The molecule has 3 nitrogen and oxygen atoms in total. The molecule has 22 heavy (non-hydrogen) atoms. The fourth-order valence-corrected chi connectivity index (χ4v) is 2.54. The Kier molecular flexibility index (Phi) is 9.04. The van der Waals surface area contributed by atoms with Crippen LogP contribution in [-0.2, 0) is 11.2 Å². The van der Waals surface area contributed by atoms with Crippen molar-refractivity contribution < 1.29 is 14.6 Å². The molecule has 0 heterocycles. The second-order valence-electron chi connectivity index (χ2n) is 5.61. The highest BCUT2D eigenvalue weighted by Gasteiger charge is 2.04. The van der Waals surface area contributed by atoms with Crippen molar-refractivity contribution in [2.75, 3.05) is 7.11 Å². The Balaban J connectivity index is 2.49. The first-order valence-electron chi connectivity index (χ1n) is 8.25. The molecule has 1 rings (SSSR count). The summed E-state index contributed by atoms with van der Waals surface area (Å²) in [5, 5.41) is 8.70. The summed E-state index contributed by atoms with van der Waals surface area (Å²) in [6.07, 6.45) is 12.7. The smallest absolute Gasteiger partial charge is 0.328 e. The zero-order valence-electron chi connectivity index (χ0n) is 13.8. The van der Waals surface area contributed by atoms with E-state index in [1.54, 1.807) is 13.2 Å².